The molecule has 2 rings (SSSR count). The highest BCUT2D eigenvalue weighted by Gasteiger charge is 2.23. The van der Waals surface area contributed by atoms with Gasteiger partial charge >= 0.3 is 5.97 Å². The lowest BCUT2D eigenvalue weighted by atomic mass is 10.2. The molecule has 27 heavy (non-hydrogen) atoms. The molecule has 142 valence electrons. The van der Waals surface area contributed by atoms with Gasteiger partial charge in [0.2, 0.25) is 0 Å². The Hall–Kier alpha value is -3.06. The maximum absolute atomic E-state index is 12.0. The summed E-state index contributed by atoms with van der Waals surface area (Å²) in [6.07, 6.45) is -2.05. The topological polar surface area (TPSA) is 93.7 Å². The van der Waals surface area contributed by atoms with Crippen molar-refractivity contribution in [1.29, 1.82) is 0 Å². The Bertz CT molecular complexity index is 796. The second-order valence-corrected chi connectivity index (χ2v) is 6.04. The molecule has 7 nitrogen and oxygen atoms in total. The second-order valence-electron chi connectivity index (χ2n) is 5.60. The van der Waals surface area contributed by atoms with Crippen LogP contribution in [0.2, 0.25) is 5.02 Å². The Morgan fingerprint density at radius 1 is 0.889 bits per heavy atom. The zero-order valence-electron chi connectivity index (χ0n) is 14.8. The van der Waals surface area contributed by atoms with Crippen LogP contribution in [0.4, 0.5) is 0 Å². The lowest BCUT2D eigenvalue weighted by molar-refractivity contribution is -0.161. The summed E-state index contributed by atoms with van der Waals surface area (Å²) >= 11 is 5.78. The van der Waals surface area contributed by atoms with Gasteiger partial charge in [0.1, 0.15) is 5.75 Å². The SMILES string of the molecule is C[C@H](OC(=O)[C@@H](C)Oc1ccc(Cl)cc1)C(=O)NNC(=O)c1ccccc1. The number of hydrogen-bond acceptors (Lipinski definition) is 5. The molecule has 0 unspecified atom stereocenters. The van der Waals surface area contributed by atoms with Crippen molar-refractivity contribution in [2.24, 2.45) is 0 Å². The summed E-state index contributed by atoms with van der Waals surface area (Å²) in [6.45, 7) is 2.88. The third-order valence-electron chi connectivity index (χ3n) is 3.46. The molecule has 2 aromatic rings. The van der Waals surface area contributed by atoms with Crippen molar-refractivity contribution in [2.75, 3.05) is 0 Å². The molecule has 0 fully saturated rings. The van der Waals surface area contributed by atoms with Crippen LogP contribution in [0.1, 0.15) is 24.2 Å². The summed E-state index contributed by atoms with van der Waals surface area (Å²) in [5.41, 5.74) is 4.85. The number of halogens is 1. The van der Waals surface area contributed by atoms with Crippen LogP contribution < -0.4 is 15.6 Å². The van der Waals surface area contributed by atoms with Gasteiger partial charge in [-0.3, -0.25) is 20.4 Å². The van der Waals surface area contributed by atoms with Crippen LogP contribution in [0.15, 0.2) is 54.6 Å². The highest BCUT2D eigenvalue weighted by atomic mass is 35.5. The first-order valence-electron chi connectivity index (χ1n) is 8.15. The third-order valence-corrected chi connectivity index (χ3v) is 3.71. The normalized spacial score (nSPS) is 12.4. The van der Waals surface area contributed by atoms with Crippen molar-refractivity contribution < 1.29 is 23.9 Å². The molecule has 0 bridgehead atoms. The van der Waals surface area contributed by atoms with Gasteiger partial charge in [0, 0.05) is 10.6 Å². The van der Waals surface area contributed by atoms with Gasteiger partial charge in [0.05, 0.1) is 0 Å². The van der Waals surface area contributed by atoms with E-state index in [2.05, 4.69) is 10.9 Å². The number of nitrogens with one attached hydrogen (secondary N) is 2. The average Bonchev–Trinajstić information content (AvgIpc) is 2.68. The number of carbonyl (C=O) groups excluding carboxylic acids is 3. The van der Waals surface area contributed by atoms with Crippen molar-refractivity contribution in [3.63, 3.8) is 0 Å². The Morgan fingerprint density at radius 3 is 2.15 bits per heavy atom. The zero-order valence-corrected chi connectivity index (χ0v) is 15.5. The molecular weight excluding hydrogens is 372 g/mol. The quantitative estimate of drug-likeness (QED) is 0.584. The number of carbonyl (C=O) groups is 3. The van der Waals surface area contributed by atoms with E-state index >= 15 is 0 Å². The Morgan fingerprint density at radius 2 is 1.52 bits per heavy atom. The lowest BCUT2D eigenvalue weighted by Gasteiger charge is -2.18. The molecule has 8 heteroatoms. The summed E-state index contributed by atoms with van der Waals surface area (Å²) in [7, 11) is 0. The van der Waals surface area contributed by atoms with Crippen LogP contribution in [-0.4, -0.2) is 30.0 Å². The van der Waals surface area contributed by atoms with Gasteiger partial charge in [-0.2, -0.15) is 0 Å². The number of hydrogen-bond donors (Lipinski definition) is 2. The summed E-state index contributed by atoms with van der Waals surface area (Å²) in [6, 6.07) is 14.8. The number of rotatable bonds is 6. The first kappa shape index (κ1) is 20.3. The molecule has 2 amide bonds. The predicted molar refractivity (Wildman–Crippen MR) is 99.1 cm³/mol. The largest absolute Gasteiger partial charge is 0.479 e. The van der Waals surface area contributed by atoms with E-state index in [0.29, 0.717) is 16.3 Å². The molecule has 0 radical (unpaired) electrons. The van der Waals surface area contributed by atoms with E-state index in [1.165, 1.54) is 13.8 Å². The fourth-order valence-electron chi connectivity index (χ4n) is 1.97. The minimum absolute atomic E-state index is 0.382. The minimum atomic E-state index is -1.12. The molecule has 2 atom stereocenters. The van der Waals surface area contributed by atoms with E-state index < -0.39 is 30.0 Å². The third kappa shape index (κ3) is 6.31. The van der Waals surface area contributed by atoms with E-state index in [1.807, 2.05) is 0 Å². The molecule has 0 saturated carbocycles. The zero-order chi connectivity index (χ0) is 19.8. The predicted octanol–water partition coefficient (Wildman–Crippen LogP) is 2.50. The van der Waals surface area contributed by atoms with Gasteiger partial charge in [-0.25, -0.2) is 4.79 Å². The number of esters is 1. The van der Waals surface area contributed by atoms with Crippen LogP contribution >= 0.6 is 11.6 Å². The highest BCUT2D eigenvalue weighted by molar-refractivity contribution is 6.30. The van der Waals surface area contributed by atoms with E-state index in [0.717, 1.165) is 0 Å². The minimum Gasteiger partial charge on any atom is -0.479 e. The lowest BCUT2D eigenvalue weighted by Crippen LogP contribution is -2.47. The highest BCUT2D eigenvalue weighted by Crippen LogP contribution is 2.17. The average molecular weight is 391 g/mol. The van der Waals surface area contributed by atoms with E-state index in [9.17, 15) is 14.4 Å². The van der Waals surface area contributed by atoms with Gasteiger partial charge in [-0.15, -0.1) is 0 Å². The van der Waals surface area contributed by atoms with Gasteiger partial charge in [-0.1, -0.05) is 29.8 Å². The van der Waals surface area contributed by atoms with Gasteiger partial charge < -0.3 is 9.47 Å². The van der Waals surface area contributed by atoms with Crippen molar-refractivity contribution in [1.82, 2.24) is 10.9 Å². The molecule has 2 aromatic carbocycles. The first-order valence-corrected chi connectivity index (χ1v) is 8.52. The summed E-state index contributed by atoms with van der Waals surface area (Å²) in [4.78, 5) is 35.9. The molecule has 0 aliphatic carbocycles. The Labute approximate surface area is 161 Å². The summed E-state index contributed by atoms with van der Waals surface area (Å²) in [5, 5.41) is 0.542. The van der Waals surface area contributed by atoms with Crippen LogP contribution in [0.3, 0.4) is 0 Å². The molecule has 0 saturated heterocycles. The number of hydrazine groups is 1. The molecule has 0 aliphatic rings. The molecule has 0 heterocycles. The molecular formula is C19H19ClN2O5. The van der Waals surface area contributed by atoms with Gasteiger partial charge in [-0.05, 0) is 50.2 Å². The number of amides is 2. The second kappa shape index (κ2) is 9.59. The molecule has 2 N–H and O–H groups in total. The van der Waals surface area contributed by atoms with Crippen molar-refractivity contribution in [3.05, 3.63) is 65.2 Å². The van der Waals surface area contributed by atoms with Crippen molar-refractivity contribution in [3.8, 4) is 5.75 Å². The molecule has 0 aromatic heterocycles. The Kier molecular flexibility index (Phi) is 7.19. The van der Waals surface area contributed by atoms with Crippen molar-refractivity contribution in [2.45, 2.75) is 26.1 Å². The van der Waals surface area contributed by atoms with Crippen LogP contribution in [0, 0.1) is 0 Å². The fourth-order valence-corrected chi connectivity index (χ4v) is 2.10. The first-order chi connectivity index (χ1) is 12.9. The summed E-state index contributed by atoms with van der Waals surface area (Å²) < 4.78 is 10.5. The number of ether oxygens (including phenoxy) is 2. The monoisotopic (exact) mass is 390 g/mol. The molecule has 0 aliphatic heterocycles. The van der Waals surface area contributed by atoms with E-state index in [-0.39, 0.29) is 0 Å². The summed E-state index contributed by atoms with van der Waals surface area (Å²) in [5.74, 6) is -1.44. The van der Waals surface area contributed by atoms with Crippen LogP contribution in [0.5, 0.6) is 5.75 Å². The fraction of sp³-hybridized carbons (Fsp3) is 0.211. The smallest absolute Gasteiger partial charge is 0.347 e. The number of benzene rings is 2. The van der Waals surface area contributed by atoms with Gasteiger partial charge in [0.15, 0.2) is 12.2 Å². The maximum atomic E-state index is 12.0. The van der Waals surface area contributed by atoms with Gasteiger partial charge in [0.25, 0.3) is 11.8 Å². The van der Waals surface area contributed by atoms with Crippen LogP contribution in [-0.2, 0) is 14.3 Å². The van der Waals surface area contributed by atoms with E-state index in [1.54, 1.807) is 54.6 Å². The standard InChI is InChI=1S/C19H19ClN2O5/c1-12(17(23)21-22-18(24)14-6-4-3-5-7-14)27-19(25)13(2)26-16-10-8-15(20)9-11-16/h3-13H,1-2H3,(H,21,23)(H,22,24)/t12-,13+/m0/s1. The maximum Gasteiger partial charge on any atom is 0.347 e. The van der Waals surface area contributed by atoms with E-state index in [4.69, 9.17) is 21.1 Å². The van der Waals surface area contributed by atoms with Crippen molar-refractivity contribution >= 4 is 29.4 Å². The van der Waals surface area contributed by atoms with Crippen LogP contribution in [0.25, 0.3) is 0 Å². The molecule has 0 spiro atoms. The Balaban J connectivity index is 1.79.